The molecule has 0 bridgehead atoms. The van der Waals surface area contributed by atoms with Crippen LogP contribution in [-0.2, 0) is 9.47 Å². The molecule has 0 aromatic heterocycles. The van der Waals surface area contributed by atoms with Gasteiger partial charge in [-0.1, -0.05) is 18.2 Å². The maximum atomic E-state index is 13.9. The first-order valence-electron chi connectivity index (χ1n) is 10.2. The van der Waals surface area contributed by atoms with Gasteiger partial charge in [-0.15, -0.1) is 24.0 Å². The van der Waals surface area contributed by atoms with Crippen LogP contribution < -0.4 is 10.6 Å². The molecule has 28 heavy (non-hydrogen) atoms. The summed E-state index contributed by atoms with van der Waals surface area (Å²) in [7, 11) is 0. The minimum Gasteiger partial charge on any atom is -0.381 e. The van der Waals surface area contributed by atoms with E-state index in [1.165, 1.54) is 6.07 Å². The highest BCUT2D eigenvalue weighted by Gasteiger charge is 2.40. The van der Waals surface area contributed by atoms with Gasteiger partial charge in [0.1, 0.15) is 5.82 Å². The molecule has 0 spiro atoms. The molecule has 1 aliphatic carbocycles. The Morgan fingerprint density at radius 2 is 2.07 bits per heavy atom. The predicted octanol–water partition coefficient (Wildman–Crippen LogP) is 3.69. The van der Waals surface area contributed by atoms with E-state index < -0.39 is 0 Å². The molecule has 1 aliphatic heterocycles. The van der Waals surface area contributed by atoms with Gasteiger partial charge >= 0.3 is 0 Å². The number of aliphatic imine (C=N–C) groups is 1. The summed E-state index contributed by atoms with van der Waals surface area (Å²) in [6.07, 6.45) is 4.06. The molecule has 7 heteroatoms. The van der Waals surface area contributed by atoms with Crippen LogP contribution in [0.15, 0.2) is 29.3 Å². The van der Waals surface area contributed by atoms with Crippen LogP contribution in [0.1, 0.15) is 44.1 Å². The minimum absolute atomic E-state index is 0. The molecular formula is C21H33FIN3O2. The van der Waals surface area contributed by atoms with Gasteiger partial charge in [0.05, 0.1) is 0 Å². The Morgan fingerprint density at radius 3 is 2.82 bits per heavy atom. The topological polar surface area (TPSA) is 54.9 Å². The molecule has 2 fully saturated rings. The van der Waals surface area contributed by atoms with Crippen molar-refractivity contribution in [1.82, 2.24) is 10.6 Å². The standard InChI is InChI=1S/C21H32FN3O2.HI/c1-2-23-21(24-10-5-11-27-15-16-8-12-26-13-9-16)25-20-14-18(20)17-6-3-4-7-19(17)22;/h3-4,6-7,16,18,20H,2,5,8-15H2,1H3,(H2,23,24,25);1H. The Bertz CT molecular complexity index is 611. The van der Waals surface area contributed by atoms with Crippen LogP contribution in [-0.4, -0.2) is 51.5 Å². The summed E-state index contributed by atoms with van der Waals surface area (Å²) in [5, 5.41) is 6.70. The lowest BCUT2D eigenvalue weighted by Crippen LogP contribution is -2.39. The van der Waals surface area contributed by atoms with E-state index >= 15 is 0 Å². The zero-order valence-corrected chi connectivity index (χ0v) is 19.0. The van der Waals surface area contributed by atoms with E-state index in [0.29, 0.717) is 5.92 Å². The molecule has 2 unspecified atom stereocenters. The number of halogens is 2. The Morgan fingerprint density at radius 1 is 1.29 bits per heavy atom. The molecule has 1 heterocycles. The van der Waals surface area contributed by atoms with Gasteiger partial charge in [-0.05, 0) is 50.2 Å². The lowest BCUT2D eigenvalue weighted by atomic mass is 10.0. The summed E-state index contributed by atoms with van der Waals surface area (Å²) < 4.78 is 25.1. The van der Waals surface area contributed by atoms with E-state index in [1.807, 2.05) is 12.1 Å². The Kier molecular flexibility index (Phi) is 10.5. The van der Waals surface area contributed by atoms with Gasteiger partial charge < -0.3 is 20.1 Å². The number of ether oxygens (including phenoxy) is 2. The van der Waals surface area contributed by atoms with Gasteiger partial charge in [-0.25, -0.2) is 4.39 Å². The van der Waals surface area contributed by atoms with Crippen molar-refractivity contribution in [3.05, 3.63) is 35.6 Å². The second-order valence-electron chi connectivity index (χ2n) is 7.36. The molecule has 158 valence electrons. The molecule has 1 saturated heterocycles. The zero-order valence-electron chi connectivity index (χ0n) is 16.7. The van der Waals surface area contributed by atoms with Crippen molar-refractivity contribution in [2.24, 2.45) is 10.9 Å². The molecular weight excluding hydrogens is 472 g/mol. The number of nitrogens with zero attached hydrogens (tertiary/aromatic N) is 1. The fourth-order valence-corrected chi connectivity index (χ4v) is 3.49. The highest BCUT2D eigenvalue weighted by molar-refractivity contribution is 14.0. The van der Waals surface area contributed by atoms with E-state index in [4.69, 9.17) is 9.47 Å². The second kappa shape index (κ2) is 12.6. The number of hydrogen-bond acceptors (Lipinski definition) is 3. The molecule has 2 aliphatic rings. The van der Waals surface area contributed by atoms with Gasteiger partial charge in [0.25, 0.3) is 0 Å². The first-order valence-corrected chi connectivity index (χ1v) is 10.2. The van der Waals surface area contributed by atoms with Gasteiger partial charge in [0.2, 0.25) is 0 Å². The SMILES string of the molecule is CCNC(=NCCCOCC1CCOCC1)NC1CC1c1ccccc1F.I. The fraction of sp³-hybridized carbons (Fsp3) is 0.667. The maximum absolute atomic E-state index is 13.9. The molecule has 1 aromatic carbocycles. The van der Waals surface area contributed by atoms with Crippen molar-refractivity contribution in [2.45, 2.75) is 44.6 Å². The first-order chi connectivity index (χ1) is 13.3. The molecule has 1 saturated carbocycles. The minimum atomic E-state index is -0.115. The number of hydrogen-bond donors (Lipinski definition) is 2. The van der Waals surface area contributed by atoms with Gasteiger partial charge in [-0.2, -0.15) is 0 Å². The van der Waals surface area contributed by atoms with E-state index in [0.717, 1.165) is 76.7 Å². The van der Waals surface area contributed by atoms with Crippen LogP contribution in [0.5, 0.6) is 0 Å². The third kappa shape index (κ3) is 7.48. The molecule has 2 atom stereocenters. The Labute approximate surface area is 184 Å². The first kappa shape index (κ1) is 23.3. The van der Waals surface area contributed by atoms with Gasteiger partial charge in [0, 0.05) is 51.5 Å². The quantitative estimate of drug-likeness (QED) is 0.233. The lowest BCUT2D eigenvalue weighted by Gasteiger charge is -2.21. The third-order valence-electron chi connectivity index (χ3n) is 5.17. The number of benzene rings is 1. The predicted molar refractivity (Wildman–Crippen MR) is 121 cm³/mol. The molecule has 1 aromatic rings. The fourth-order valence-electron chi connectivity index (χ4n) is 3.49. The number of rotatable bonds is 9. The van der Waals surface area contributed by atoms with Crippen molar-refractivity contribution in [3.63, 3.8) is 0 Å². The van der Waals surface area contributed by atoms with Gasteiger partial charge in [0.15, 0.2) is 5.96 Å². The van der Waals surface area contributed by atoms with E-state index in [9.17, 15) is 4.39 Å². The zero-order chi connectivity index (χ0) is 18.9. The van der Waals surface area contributed by atoms with Crippen LogP contribution in [0.3, 0.4) is 0 Å². The Hall–Kier alpha value is -0.930. The Balaban J connectivity index is 0.00000280. The number of guanidine groups is 1. The summed E-state index contributed by atoms with van der Waals surface area (Å²) in [6, 6.07) is 7.29. The third-order valence-corrected chi connectivity index (χ3v) is 5.17. The highest BCUT2D eigenvalue weighted by Crippen LogP contribution is 2.41. The molecule has 3 rings (SSSR count). The van der Waals surface area contributed by atoms with Crippen molar-refractivity contribution in [2.75, 3.05) is 39.5 Å². The van der Waals surface area contributed by atoms with Crippen molar-refractivity contribution >= 4 is 29.9 Å². The molecule has 2 N–H and O–H groups in total. The van der Waals surface area contributed by atoms with Crippen molar-refractivity contribution < 1.29 is 13.9 Å². The summed E-state index contributed by atoms with van der Waals surface area (Å²) in [5.74, 6) is 1.57. The molecule has 0 radical (unpaired) electrons. The summed E-state index contributed by atoms with van der Waals surface area (Å²) >= 11 is 0. The lowest BCUT2D eigenvalue weighted by molar-refractivity contribution is 0.0205. The second-order valence-corrected chi connectivity index (χ2v) is 7.36. The monoisotopic (exact) mass is 505 g/mol. The molecule has 5 nitrogen and oxygen atoms in total. The van der Waals surface area contributed by atoms with Crippen LogP contribution in [0.4, 0.5) is 4.39 Å². The smallest absolute Gasteiger partial charge is 0.191 e. The number of nitrogens with one attached hydrogen (secondary N) is 2. The molecule has 0 amide bonds. The van der Waals surface area contributed by atoms with Crippen LogP contribution in [0.25, 0.3) is 0 Å². The van der Waals surface area contributed by atoms with Gasteiger partial charge in [-0.3, -0.25) is 4.99 Å². The largest absolute Gasteiger partial charge is 0.381 e. The summed E-state index contributed by atoms with van der Waals surface area (Å²) in [4.78, 5) is 4.63. The summed E-state index contributed by atoms with van der Waals surface area (Å²) in [6.45, 7) is 6.88. The van der Waals surface area contributed by atoms with Crippen LogP contribution in [0, 0.1) is 11.7 Å². The highest BCUT2D eigenvalue weighted by atomic mass is 127. The van der Waals surface area contributed by atoms with Crippen LogP contribution >= 0.6 is 24.0 Å². The van der Waals surface area contributed by atoms with Crippen LogP contribution in [0.2, 0.25) is 0 Å². The average molecular weight is 505 g/mol. The maximum Gasteiger partial charge on any atom is 0.191 e. The normalized spacial score (nSPS) is 22.4. The van der Waals surface area contributed by atoms with Crippen molar-refractivity contribution in [3.8, 4) is 0 Å². The van der Waals surface area contributed by atoms with E-state index in [2.05, 4.69) is 22.5 Å². The average Bonchev–Trinajstić information content (AvgIpc) is 3.44. The van der Waals surface area contributed by atoms with E-state index in [1.54, 1.807) is 6.07 Å². The van der Waals surface area contributed by atoms with Crippen molar-refractivity contribution in [1.29, 1.82) is 0 Å². The summed E-state index contributed by atoms with van der Waals surface area (Å²) in [5.41, 5.74) is 0.798. The van der Waals surface area contributed by atoms with E-state index in [-0.39, 0.29) is 41.8 Å².